The molecule has 0 spiro atoms. The molecule has 0 amide bonds. The minimum atomic E-state index is -0.302. The van der Waals surface area contributed by atoms with Crippen LogP contribution in [0.15, 0.2) is 42.7 Å². The number of nitro benzene ring substituents is 1. The molecule has 21 heavy (non-hydrogen) atoms. The van der Waals surface area contributed by atoms with Crippen LogP contribution >= 0.6 is 0 Å². The third kappa shape index (κ3) is 3.05. The summed E-state index contributed by atoms with van der Waals surface area (Å²) in [5, 5.41) is 11.4. The van der Waals surface area contributed by atoms with Crippen LogP contribution in [0.25, 0.3) is 0 Å². The first-order valence-electron chi connectivity index (χ1n) is 6.95. The number of anilines is 1. The molecular formula is C15H17N3O3. The van der Waals surface area contributed by atoms with Gasteiger partial charge in [-0.15, -0.1) is 0 Å². The molecule has 0 radical (unpaired) electrons. The van der Waals surface area contributed by atoms with Gasteiger partial charge in [0, 0.05) is 38.1 Å². The lowest BCUT2D eigenvalue weighted by Gasteiger charge is -2.28. The van der Waals surface area contributed by atoms with E-state index >= 15 is 0 Å². The highest BCUT2D eigenvalue weighted by Gasteiger charge is 2.21. The van der Waals surface area contributed by atoms with E-state index in [-0.39, 0.29) is 10.6 Å². The van der Waals surface area contributed by atoms with E-state index in [0.717, 1.165) is 5.56 Å². The quantitative estimate of drug-likeness (QED) is 0.639. The largest absolute Gasteiger partial charge is 0.378 e. The SMILES string of the molecule is O=[N+]([O-])c1cc(Cn2cccc2)ccc1N1CCOCC1. The third-order valence-corrected chi connectivity index (χ3v) is 3.62. The molecule has 1 aliphatic heterocycles. The number of hydrogen-bond acceptors (Lipinski definition) is 4. The van der Waals surface area contributed by atoms with E-state index in [0.29, 0.717) is 38.5 Å². The average Bonchev–Trinajstić information content (AvgIpc) is 3.01. The molecule has 1 saturated heterocycles. The van der Waals surface area contributed by atoms with Gasteiger partial charge < -0.3 is 14.2 Å². The molecule has 2 heterocycles. The Labute approximate surface area is 122 Å². The van der Waals surface area contributed by atoms with Crippen LogP contribution in [0.4, 0.5) is 11.4 Å². The topological polar surface area (TPSA) is 60.5 Å². The second-order valence-corrected chi connectivity index (χ2v) is 5.03. The summed E-state index contributed by atoms with van der Waals surface area (Å²) >= 11 is 0. The van der Waals surface area contributed by atoms with Gasteiger partial charge in [0.15, 0.2) is 0 Å². The van der Waals surface area contributed by atoms with E-state index in [2.05, 4.69) is 0 Å². The Kier molecular flexibility index (Phi) is 3.87. The van der Waals surface area contributed by atoms with Crippen molar-refractivity contribution in [3.8, 4) is 0 Å². The number of aromatic nitrogens is 1. The van der Waals surface area contributed by atoms with Crippen LogP contribution in [0.5, 0.6) is 0 Å². The number of rotatable bonds is 4. The van der Waals surface area contributed by atoms with Gasteiger partial charge in [-0.25, -0.2) is 0 Å². The lowest BCUT2D eigenvalue weighted by Crippen LogP contribution is -2.36. The summed E-state index contributed by atoms with van der Waals surface area (Å²) < 4.78 is 7.29. The fourth-order valence-corrected chi connectivity index (χ4v) is 2.57. The summed E-state index contributed by atoms with van der Waals surface area (Å²) in [7, 11) is 0. The normalized spacial score (nSPS) is 15.1. The highest BCUT2D eigenvalue weighted by molar-refractivity contribution is 5.64. The predicted molar refractivity (Wildman–Crippen MR) is 79.7 cm³/mol. The first-order valence-corrected chi connectivity index (χ1v) is 6.95. The summed E-state index contributed by atoms with van der Waals surface area (Å²) in [6, 6.07) is 9.36. The summed E-state index contributed by atoms with van der Waals surface area (Å²) in [6.45, 7) is 3.25. The maximum atomic E-state index is 11.4. The standard InChI is InChI=1S/C15H17N3O3/c19-18(20)15-11-13(12-16-5-1-2-6-16)3-4-14(15)17-7-9-21-10-8-17/h1-6,11H,7-10,12H2. The van der Waals surface area contributed by atoms with Crippen LogP contribution in [0.3, 0.4) is 0 Å². The van der Waals surface area contributed by atoms with Crippen LogP contribution in [-0.2, 0) is 11.3 Å². The van der Waals surface area contributed by atoms with Crippen molar-refractivity contribution < 1.29 is 9.66 Å². The second-order valence-electron chi connectivity index (χ2n) is 5.03. The van der Waals surface area contributed by atoms with Crippen molar-refractivity contribution in [1.29, 1.82) is 0 Å². The van der Waals surface area contributed by atoms with E-state index in [9.17, 15) is 10.1 Å². The van der Waals surface area contributed by atoms with Gasteiger partial charge in [-0.05, 0) is 23.8 Å². The number of nitro groups is 1. The Morgan fingerprint density at radius 1 is 1.19 bits per heavy atom. The molecule has 0 unspecified atom stereocenters. The maximum Gasteiger partial charge on any atom is 0.292 e. The molecule has 0 atom stereocenters. The zero-order chi connectivity index (χ0) is 14.7. The van der Waals surface area contributed by atoms with Gasteiger partial charge >= 0.3 is 0 Å². The molecule has 1 aliphatic rings. The van der Waals surface area contributed by atoms with Gasteiger partial charge in [0.2, 0.25) is 0 Å². The van der Waals surface area contributed by atoms with E-state index in [1.807, 2.05) is 46.1 Å². The molecule has 110 valence electrons. The Balaban J connectivity index is 1.88. The second kappa shape index (κ2) is 5.97. The molecule has 0 aliphatic carbocycles. The molecular weight excluding hydrogens is 270 g/mol. The average molecular weight is 287 g/mol. The van der Waals surface area contributed by atoms with Gasteiger partial charge in [0.05, 0.1) is 18.1 Å². The summed E-state index contributed by atoms with van der Waals surface area (Å²) in [5.41, 5.74) is 1.77. The highest BCUT2D eigenvalue weighted by Crippen LogP contribution is 2.30. The van der Waals surface area contributed by atoms with E-state index in [1.54, 1.807) is 6.07 Å². The van der Waals surface area contributed by atoms with Crippen molar-refractivity contribution in [2.24, 2.45) is 0 Å². The van der Waals surface area contributed by atoms with Gasteiger partial charge in [-0.2, -0.15) is 0 Å². The van der Waals surface area contributed by atoms with Gasteiger partial charge in [0.25, 0.3) is 5.69 Å². The predicted octanol–water partition coefficient (Wildman–Crippen LogP) is 2.28. The van der Waals surface area contributed by atoms with Crippen LogP contribution < -0.4 is 4.90 Å². The third-order valence-electron chi connectivity index (χ3n) is 3.62. The van der Waals surface area contributed by atoms with Crippen LogP contribution in [0, 0.1) is 10.1 Å². The Hall–Kier alpha value is -2.34. The fourth-order valence-electron chi connectivity index (χ4n) is 2.57. The Morgan fingerprint density at radius 3 is 2.57 bits per heavy atom. The van der Waals surface area contributed by atoms with Crippen molar-refractivity contribution >= 4 is 11.4 Å². The van der Waals surface area contributed by atoms with Crippen molar-refractivity contribution in [1.82, 2.24) is 4.57 Å². The Morgan fingerprint density at radius 2 is 1.90 bits per heavy atom. The number of morpholine rings is 1. The van der Waals surface area contributed by atoms with Gasteiger partial charge in [-0.3, -0.25) is 10.1 Å². The number of nitrogens with zero attached hydrogens (tertiary/aromatic N) is 3. The van der Waals surface area contributed by atoms with Crippen molar-refractivity contribution in [3.05, 3.63) is 58.4 Å². The molecule has 0 N–H and O–H groups in total. The Bertz CT molecular complexity index is 619. The molecule has 0 saturated carbocycles. The molecule has 1 aromatic carbocycles. The van der Waals surface area contributed by atoms with Crippen LogP contribution in [0.2, 0.25) is 0 Å². The van der Waals surface area contributed by atoms with Crippen molar-refractivity contribution in [2.75, 3.05) is 31.2 Å². The number of hydrogen-bond donors (Lipinski definition) is 0. The minimum Gasteiger partial charge on any atom is -0.378 e. The lowest BCUT2D eigenvalue weighted by atomic mass is 10.1. The molecule has 6 nitrogen and oxygen atoms in total. The molecule has 6 heteroatoms. The first-order chi connectivity index (χ1) is 10.2. The zero-order valence-electron chi connectivity index (χ0n) is 11.6. The van der Waals surface area contributed by atoms with Gasteiger partial charge in [0.1, 0.15) is 5.69 Å². The smallest absolute Gasteiger partial charge is 0.292 e. The molecule has 1 aromatic heterocycles. The summed E-state index contributed by atoms with van der Waals surface area (Å²) in [6.07, 6.45) is 3.89. The maximum absolute atomic E-state index is 11.4. The van der Waals surface area contributed by atoms with Crippen LogP contribution in [0.1, 0.15) is 5.56 Å². The molecule has 2 aromatic rings. The molecule has 3 rings (SSSR count). The molecule has 0 bridgehead atoms. The van der Waals surface area contributed by atoms with Gasteiger partial charge in [-0.1, -0.05) is 6.07 Å². The zero-order valence-corrected chi connectivity index (χ0v) is 11.6. The fraction of sp³-hybridized carbons (Fsp3) is 0.333. The van der Waals surface area contributed by atoms with Crippen LogP contribution in [-0.4, -0.2) is 35.8 Å². The van der Waals surface area contributed by atoms with E-state index in [4.69, 9.17) is 4.74 Å². The number of ether oxygens (including phenoxy) is 1. The first kappa shape index (κ1) is 13.6. The lowest BCUT2D eigenvalue weighted by molar-refractivity contribution is -0.384. The minimum absolute atomic E-state index is 0.168. The summed E-state index contributed by atoms with van der Waals surface area (Å²) in [5.74, 6) is 0. The number of benzene rings is 1. The van der Waals surface area contributed by atoms with Crippen molar-refractivity contribution in [2.45, 2.75) is 6.54 Å². The van der Waals surface area contributed by atoms with E-state index < -0.39 is 0 Å². The molecule has 1 fully saturated rings. The summed E-state index contributed by atoms with van der Waals surface area (Å²) in [4.78, 5) is 13.1. The monoisotopic (exact) mass is 287 g/mol. The highest BCUT2D eigenvalue weighted by atomic mass is 16.6. The van der Waals surface area contributed by atoms with E-state index in [1.165, 1.54) is 0 Å². The van der Waals surface area contributed by atoms with Crippen molar-refractivity contribution in [3.63, 3.8) is 0 Å².